The Morgan fingerprint density at radius 3 is 2.80 bits per heavy atom. The van der Waals surface area contributed by atoms with Crippen LogP contribution in [0.4, 0.5) is 15.9 Å². The maximum absolute atomic E-state index is 14.2. The van der Waals surface area contributed by atoms with Gasteiger partial charge in [-0.05, 0) is 88.1 Å². The lowest BCUT2D eigenvalue weighted by Crippen LogP contribution is -2.39. The number of hydrogen-bond donors (Lipinski definition) is 1. The van der Waals surface area contributed by atoms with Gasteiger partial charge >= 0.3 is 0 Å². The first-order valence-electron chi connectivity index (χ1n) is 16.9. The molecule has 0 amide bonds. The van der Waals surface area contributed by atoms with Crippen molar-refractivity contribution in [1.29, 1.82) is 5.26 Å². The SMILES string of the molecule is C=C(c1cc2n(n1)CCCN(c1nc(CCC3CC(F)CN3C)nc3c1CCC1(CCCc4ccc(N)c(C#N)c41)C3)C2)N(C)C. The van der Waals surface area contributed by atoms with Gasteiger partial charge in [-0.3, -0.25) is 4.68 Å². The summed E-state index contributed by atoms with van der Waals surface area (Å²) in [6.45, 7) is 7.18. The normalized spacial score (nSPS) is 24.2. The number of rotatable bonds is 6. The number of benzene rings is 1. The molecule has 46 heavy (non-hydrogen) atoms. The molecule has 9 nitrogen and oxygen atoms in total. The first-order chi connectivity index (χ1) is 22.2. The van der Waals surface area contributed by atoms with Crippen molar-refractivity contribution in [3.63, 3.8) is 0 Å². The molecule has 3 aromatic rings. The molecule has 7 rings (SSSR count). The summed E-state index contributed by atoms with van der Waals surface area (Å²) in [6, 6.07) is 8.87. The van der Waals surface area contributed by atoms with Crippen LogP contribution in [0, 0.1) is 11.3 Å². The maximum atomic E-state index is 14.2. The summed E-state index contributed by atoms with van der Waals surface area (Å²) in [5, 5.41) is 15.1. The zero-order chi connectivity index (χ0) is 32.2. The fourth-order valence-corrected chi connectivity index (χ4v) is 8.54. The molecule has 0 bridgehead atoms. The Kier molecular flexibility index (Phi) is 8.00. The summed E-state index contributed by atoms with van der Waals surface area (Å²) in [4.78, 5) is 17.2. The smallest absolute Gasteiger partial charge is 0.136 e. The van der Waals surface area contributed by atoms with Crippen LogP contribution in [-0.4, -0.2) is 76.0 Å². The Morgan fingerprint density at radius 1 is 1.20 bits per heavy atom. The number of nitrogens with zero attached hydrogens (tertiary/aromatic N) is 8. The number of nitrogens with two attached hydrogens (primary N) is 1. The Labute approximate surface area is 271 Å². The van der Waals surface area contributed by atoms with Crippen LogP contribution < -0.4 is 10.6 Å². The number of likely N-dealkylation sites (tertiary alicyclic amines) is 1. The lowest BCUT2D eigenvalue weighted by atomic mass is 9.61. The largest absolute Gasteiger partial charge is 0.398 e. The van der Waals surface area contributed by atoms with Crippen molar-refractivity contribution >= 4 is 17.2 Å². The average molecular weight is 624 g/mol. The van der Waals surface area contributed by atoms with E-state index in [-0.39, 0.29) is 11.5 Å². The van der Waals surface area contributed by atoms with Gasteiger partial charge in [0.05, 0.1) is 29.2 Å². The summed E-state index contributed by atoms with van der Waals surface area (Å²) in [5.74, 6) is 1.87. The van der Waals surface area contributed by atoms with E-state index in [9.17, 15) is 9.65 Å². The summed E-state index contributed by atoms with van der Waals surface area (Å²) < 4.78 is 16.4. The number of nitriles is 1. The van der Waals surface area contributed by atoms with E-state index in [0.29, 0.717) is 37.2 Å². The molecular weight excluding hydrogens is 577 g/mol. The van der Waals surface area contributed by atoms with Gasteiger partial charge < -0.3 is 20.4 Å². The highest BCUT2D eigenvalue weighted by atomic mass is 19.1. The van der Waals surface area contributed by atoms with Crippen LogP contribution in [-0.2, 0) is 44.2 Å². The molecule has 1 fully saturated rings. The van der Waals surface area contributed by atoms with Crippen molar-refractivity contribution < 1.29 is 4.39 Å². The number of halogens is 1. The lowest BCUT2D eigenvalue weighted by molar-refractivity contribution is 0.284. The van der Waals surface area contributed by atoms with Gasteiger partial charge in [0.2, 0.25) is 0 Å². The monoisotopic (exact) mass is 623 g/mol. The molecule has 2 aliphatic heterocycles. The molecule has 10 heteroatoms. The van der Waals surface area contributed by atoms with Gasteiger partial charge in [-0.2, -0.15) is 10.4 Å². The second-order valence-corrected chi connectivity index (χ2v) is 14.2. The van der Waals surface area contributed by atoms with Gasteiger partial charge in [-0.15, -0.1) is 0 Å². The average Bonchev–Trinajstić information content (AvgIpc) is 3.52. The highest BCUT2D eigenvalue weighted by molar-refractivity contribution is 5.64. The number of hydrogen-bond acceptors (Lipinski definition) is 8. The Bertz CT molecular complexity index is 1700. The van der Waals surface area contributed by atoms with Crippen LogP contribution in [0.5, 0.6) is 0 Å². The number of anilines is 2. The van der Waals surface area contributed by atoms with Gasteiger partial charge in [0.1, 0.15) is 29.6 Å². The second-order valence-electron chi connectivity index (χ2n) is 14.2. The standard InChI is InChI=1S/C36H46FN9/c1-23(43(2)3)31-18-27-22-45(15-6-16-46(27)42-31)35-28-12-14-36(13-5-7-24-8-10-30(39)29(20-38)34(24)36)19-32(28)40-33(41-35)11-9-26-17-25(37)21-44(26)4/h8,10,18,25-26H,1,5-7,9,11-17,19,21-22,39H2,2-4H3. The van der Waals surface area contributed by atoms with Crippen molar-refractivity contribution in [1.82, 2.24) is 29.5 Å². The minimum atomic E-state index is -0.765. The van der Waals surface area contributed by atoms with Gasteiger partial charge in [0.25, 0.3) is 0 Å². The molecule has 4 aliphatic rings. The molecule has 3 atom stereocenters. The summed E-state index contributed by atoms with van der Waals surface area (Å²) in [6.07, 6.45) is 8.00. The van der Waals surface area contributed by atoms with Crippen LogP contribution in [0.25, 0.3) is 5.70 Å². The quantitative estimate of drug-likeness (QED) is 0.391. The van der Waals surface area contributed by atoms with Crippen LogP contribution in [0.15, 0.2) is 24.8 Å². The third kappa shape index (κ3) is 5.42. The zero-order valence-corrected chi connectivity index (χ0v) is 27.5. The first-order valence-corrected chi connectivity index (χ1v) is 16.9. The highest BCUT2D eigenvalue weighted by Crippen LogP contribution is 2.49. The summed E-state index contributed by atoms with van der Waals surface area (Å²) >= 11 is 0. The van der Waals surface area contributed by atoms with Crippen LogP contribution in [0.1, 0.15) is 83.7 Å². The predicted octanol–water partition coefficient (Wildman–Crippen LogP) is 4.81. The molecular formula is C36H46FN9. The minimum Gasteiger partial charge on any atom is -0.398 e. The Hall–Kier alpha value is -3.97. The van der Waals surface area contributed by atoms with E-state index in [2.05, 4.69) is 39.3 Å². The summed E-state index contributed by atoms with van der Waals surface area (Å²) in [7, 11) is 6.01. The second kappa shape index (κ2) is 12.0. The third-order valence-corrected chi connectivity index (χ3v) is 11.0. The Morgan fingerprint density at radius 2 is 2.04 bits per heavy atom. The molecule has 3 unspecified atom stereocenters. The van der Waals surface area contributed by atoms with Gasteiger partial charge in [-0.25, -0.2) is 14.4 Å². The van der Waals surface area contributed by atoms with E-state index in [0.717, 1.165) is 104 Å². The van der Waals surface area contributed by atoms with Gasteiger partial charge in [-0.1, -0.05) is 12.6 Å². The van der Waals surface area contributed by atoms with Crippen LogP contribution in [0.3, 0.4) is 0 Å². The minimum absolute atomic E-state index is 0.157. The van der Waals surface area contributed by atoms with E-state index in [1.54, 1.807) is 0 Å². The van der Waals surface area contributed by atoms with E-state index in [1.165, 1.54) is 11.1 Å². The van der Waals surface area contributed by atoms with Crippen molar-refractivity contribution in [3.05, 3.63) is 69.9 Å². The van der Waals surface area contributed by atoms with Crippen molar-refractivity contribution in [2.45, 2.75) is 94.9 Å². The number of aromatic nitrogens is 4. The van der Waals surface area contributed by atoms with Crippen LogP contribution in [0.2, 0.25) is 0 Å². The van der Waals surface area contributed by atoms with Crippen molar-refractivity contribution in [2.24, 2.45) is 0 Å². The maximum Gasteiger partial charge on any atom is 0.136 e. The number of aryl methyl sites for hydroxylation is 3. The fourth-order valence-electron chi connectivity index (χ4n) is 8.54. The van der Waals surface area contributed by atoms with E-state index in [1.807, 2.05) is 32.1 Å². The molecule has 2 aliphatic carbocycles. The third-order valence-electron chi connectivity index (χ3n) is 11.0. The topological polar surface area (TPSA) is 103 Å². The number of fused-ring (bicyclic) bond motifs is 4. The molecule has 4 heterocycles. The Balaban J connectivity index is 1.27. The van der Waals surface area contributed by atoms with Crippen molar-refractivity contribution in [3.8, 4) is 6.07 Å². The molecule has 2 aromatic heterocycles. The zero-order valence-electron chi connectivity index (χ0n) is 27.5. The van der Waals surface area contributed by atoms with Crippen LogP contribution >= 0.6 is 0 Å². The molecule has 1 saturated heterocycles. The predicted molar refractivity (Wildman–Crippen MR) is 179 cm³/mol. The highest BCUT2D eigenvalue weighted by Gasteiger charge is 2.43. The number of alkyl halides is 1. The first kappa shape index (κ1) is 30.7. The summed E-state index contributed by atoms with van der Waals surface area (Å²) in [5.41, 5.74) is 15.2. The van der Waals surface area contributed by atoms with Gasteiger partial charge in [0.15, 0.2) is 0 Å². The molecule has 1 aromatic carbocycles. The molecule has 2 N–H and O–H groups in total. The van der Waals surface area contributed by atoms with Gasteiger partial charge in [0, 0.05) is 62.9 Å². The molecule has 242 valence electrons. The van der Waals surface area contributed by atoms with E-state index >= 15 is 0 Å². The number of nitrogen functional groups attached to an aromatic ring is 1. The molecule has 0 saturated carbocycles. The molecule has 0 radical (unpaired) electrons. The van der Waals surface area contributed by atoms with E-state index < -0.39 is 6.17 Å². The fraction of sp³-hybridized carbons (Fsp3) is 0.556. The van der Waals surface area contributed by atoms with E-state index in [4.69, 9.17) is 20.8 Å². The van der Waals surface area contributed by atoms with Crippen molar-refractivity contribution in [2.75, 3.05) is 44.9 Å². The lowest BCUT2D eigenvalue weighted by Gasteiger charge is -2.44. The molecule has 1 spiro atoms.